The van der Waals surface area contributed by atoms with E-state index in [1.165, 1.54) is 38.2 Å². The van der Waals surface area contributed by atoms with E-state index in [1.54, 1.807) is 12.3 Å². The topological polar surface area (TPSA) is 82.5 Å². The van der Waals surface area contributed by atoms with E-state index in [0.717, 1.165) is 19.0 Å². The zero-order valence-electron chi connectivity index (χ0n) is 15.4. The number of rotatable bonds is 6. The summed E-state index contributed by atoms with van der Waals surface area (Å²) < 4.78 is 0. The number of nitrogens with zero attached hydrogens (tertiary/aromatic N) is 2. The number of hydrogen-bond donors (Lipinski definition) is 2. The molecular formula is C20H26ClN3O3. The number of hydrogen-bond acceptors (Lipinski definition) is 4. The minimum absolute atomic E-state index is 0.130. The number of aliphatic carboxylic acids is 1. The maximum absolute atomic E-state index is 12.6. The molecule has 2 N–H and O–H groups in total. The fraction of sp³-hybridized carbons (Fsp3) is 0.550. The lowest BCUT2D eigenvalue weighted by Crippen LogP contribution is -2.33. The lowest BCUT2D eigenvalue weighted by atomic mass is 9.87. The molecule has 0 radical (unpaired) electrons. The van der Waals surface area contributed by atoms with Gasteiger partial charge in [0.15, 0.2) is 0 Å². The number of carboxylic acid groups (broad SMARTS) is 1. The molecule has 2 heterocycles. The second kappa shape index (κ2) is 9.22. The van der Waals surface area contributed by atoms with E-state index in [0.29, 0.717) is 35.3 Å². The second-order valence-electron chi connectivity index (χ2n) is 7.45. The lowest BCUT2D eigenvalue weighted by Gasteiger charge is -2.24. The maximum Gasteiger partial charge on any atom is 0.328 e. The van der Waals surface area contributed by atoms with Crippen molar-refractivity contribution in [1.29, 1.82) is 0 Å². The van der Waals surface area contributed by atoms with Gasteiger partial charge >= 0.3 is 5.97 Å². The van der Waals surface area contributed by atoms with Gasteiger partial charge in [-0.3, -0.25) is 4.79 Å². The molecule has 1 saturated heterocycles. The highest BCUT2D eigenvalue weighted by Crippen LogP contribution is 2.28. The van der Waals surface area contributed by atoms with Crippen LogP contribution in [0.1, 0.15) is 50.5 Å². The van der Waals surface area contributed by atoms with Gasteiger partial charge in [0.2, 0.25) is 5.91 Å². The van der Waals surface area contributed by atoms with Crippen molar-refractivity contribution >= 4 is 35.4 Å². The summed E-state index contributed by atoms with van der Waals surface area (Å²) in [6, 6.07) is 1.81. The molecule has 1 atom stereocenters. The Kier molecular flexibility index (Phi) is 6.72. The molecule has 0 unspecified atom stereocenters. The fourth-order valence-corrected chi connectivity index (χ4v) is 4.11. The zero-order valence-corrected chi connectivity index (χ0v) is 16.1. The van der Waals surface area contributed by atoms with Crippen LogP contribution in [0.25, 0.3) is 6.08 Å². The first kappa shape index (κ1) is 19.7. The molecule has 3 rings (SSSR count). The van der Waals surface area contributed by atoms with Crippen molar-refractivity contribution in [2.24, 2.45) is 5.92 Å². The standard InChI is InChI=1S/C20H26ClN3O3/c21-17-10-15(6-7-19(26)27)12-22-20(17)23-16-8-9-24(13-16)18(25)11-14-4-2-1-3-5-14/h6-7,10,12,14,16H,1-5,8-9,11,13H2,(H,22,23)(H,26,27)/t16-/m1/s1. The fourth-order valence-electron chi connectivity index (χ4n) is 3.88. The minimum Gasteiger partial charge on any atom is -0.478 e. The Labute approximate surface area is 164 Å². The highest BCUT2D eigenvalue weighted by molar-refractivity contribution is 6.33. The van der Waals surface area contributed by atoms with Crippen LogP contribution in [0.15, 0.2) is 18.3 Å². The summed E-state index contributed by atoms with van der Waals surface area (Å²) >= 11 is 6.26. The number of amides is 1. The summed E-state index contributed by atoms with van der Waals surface area (Å²) in [5.74, 6) is 0.369. The second-order valence-corrected chi connectivity index (χ2v) is 7.86. The monoisotopic (exact) mass is 391 g/mol. The van der Waals surface area contributed by atoms with Crippen molar-refractivity contribution in [2.75, 3.05) is 18.4 Å². The number of carboxylic acids is 1. The van der Waals surface area contributed by atoms with Crippen LogP contribution in [0.5, 0.6) is 0 Å². The number of likely N-dealkylation sites (tertiary alicyclic amines) is 1. The number of nitrogens with one attached hydrogen (secondary N) is 1. The summed E-state index contributed by atoms with van der Waals surface area (Å²) in [5, 5.41) is 12.4. The molecular weight excluding hydrogens is 366 g/mol. The lowest BCUT2D eigenvalue weighted by molar-refractivity contribution is -0.132. The number of carbonyl (C=O) groups is 2. The molecule has 27 heavy (non-hydrogen) atoms. The van der Waals surface area contributed by atoms with E-state index >= 15 is 0 Å². The van der Waals surface area contributed by atoms with Crippen molar-refractivity contribution in [3.8, 4) is 0 Å². The molecule has 0 aromatic carbocycles. The Hall–Kier alpha value is -2.08. The molecule has 7 heteroatoms. The van der Waals surface area contributed by atoms with Crippen LogP contribution in [0.3, 0.4) is 0 Å². The number of carbonyl (C=O) groups excluding carboxylic acids is 1. The predicted molar refractivity (Wildman–Crippen MR) is 106 cm³/mol. The Morgan fingerprint density at radius 2 is 2.07 bits per heavy atom. The zero-order chi connectivity index (χ0) is 19.2. The van der Waals surface area contributed by atoms with Gasteiger partial charge in [-0.05, 0) is 42.9 Å². The molecule has 0 spiro atoms. The van der Waals surface area contributed by atoms with Crippen LogP contribution in [-0.4, -0.2) is 46.0 Å². The van der Waals surface area contributed by atoms with Crippen molar-refractivity contribution in [3.63, 3.8) is 0 Å². The molecule has 1 amide bonds. The van der Waals surface area contributed by atoms with Crippen LogP contribution in [0, 0.1) is 5.92 Å². The third-order valence-corrected chi connectivity index (χ3v) is 5.64. The van der Waals surface area contributed by atoms with Crippen LogP contribution in [0.4, 0.5) is 5.82 Å². The van der Waals surface area contributed by atoms with Crippen LogP contribution in [0.2, 0.25) is 5.02 Å². The van der Waals surface area contributed by atoms with Crippen LogP contribution in [-0.2, 0) is 9.59 Å². The van der Waals surface area contributed by atoms with E-state index in [1.807, 2.05) is 4.90 Å². The van der Waals surface area contributed by atoms with Crippen molar-refractivity contribution in [1.82, 2.24) is 9.88 Å². The van der Waals surface area contributed by atoms with Crippen LogP contribution >= 0.6 is 11.6 Å². The predicted octanol–water partition coefficient (Wildman–Crippen LogP) is 3.82. The largest absolute Gasteiger partial charge is 0.478 e. The molecule has 0 bridgehead atoms. The molecule has 1 aliphatic carbocycles. The van der Waals surface area contributed by atoms with Gasteiger partial charge in [-0.15, -0.1) is 0 Å². The van der Waals surface area contributed by atoms with E-state index in [4.69, 9.17) is 16.7 Å². The number of anilines is 1. The third kappa shape index (κ3) is 5.70. The van der Waals surface area contributed by atoms with Gasteiger partial charge in [-0.25, -0.2) is 9.78 Å². The van der Waals surface area contributed by atoms with E-state index in [2.05, 4.69) is 10.3 Å². The van der Waals surface area contributed by atoms with Crippen molar-refractivity contribution in [3.05, 3.63) is 28.9 Å². The van der Waals surface area contributed by atoms with E-state index in [-0.39, 0.29) is 11.9 Å². The van der Waals surface area contributed by atoms with E-state index in [9.17, 15) is 9.59 Å². The van der Waals surface area contributed by atoms with E-state index < -0.39 is 5.97 Å². The van der Waals surface area contributed by atoms with Gasteiger partial charge in [0.1, 0.15) is 5.82 Å². The highest BCUT2D eigenvalue weighted by atomic mass is 35.5. The highest BCUT2D eigenvalue weighted by Gasteiger charge is 2.28. The SMILES string of the molecule is O=C(O)C=Cc1cnc(N[C@@H]2CCN(C(=O)CC3CCCCC3)C2)c(Cl)c1. The quantitative estimate of drug-likeness (QED) is 0.720. The Morgan fingerprint density at radius 3 is 2.78 bits per heavy atom. The molecule has 1 saturated carbocycles. The van der Waals surface area contributed by atoms with Crippen LogP contribution < -0.4 is 5.32 Å². The normalized spacial score (nSPS) is 20.9. The van der Waals surface area contributed by atoms with Gasteiger partial charge in [0, 0.05) is 37.8 Å². The first-order valence-electron chi connectivity index (χ1n) is 9.62. The number of aromatic nitrogens is 1. The summed E-state index contributed by atoms with van der Waals surface area (Å²) in [7, 11) is 0. The third-order valence-electron chi connectivity index (χ3n) is 5.35. The molecule has 146 valence electrons. The maximum atomic E-state index is 12.6. The van der Waals surface area contributed by atoms with Gasteiger partial charge in [-0.1, -0.05) is 30.9 Å². The molecule has 1 aliphatic heterocycles. The van der Waals surface area contributed by atoms with Crippen molar-refractivity contribution < 1.29 is 14.7 Å². The molecule has 6 nitrogen and oxygen atoms in total. The first-order valence-corrected chi connectivity index (χ1v) is 10.00. The summed E-state index contributed by atoms with van der Waals surface area (Å²) in [4.78, 5) is 29.4. The molecule has 2 fully saturated rings. The molecule has 2 aliphatic rings. The van der Waals surface area contributed by atoms with Crippen molar-refractivity contribution in [2.45, 2.75) is 51.0 Å². The number of halogens is 1. The Balaban J connectivity index is 1.51. The molecule has 1 aromatic rings. The molecule has 1 aromatic heterocycles. The van der Waals surface area contributed by atoms with Gasteiger partial charge in [0.25, 0.3) is 0 Å². The Bertz CT molecular complexity index is 716. The minimum atomic E-state index is -1.02. The summed E-state index contributed by atoms with van der Waals surface area (Å²) in [5.41, 5.74) is 0.628. The summed E-state index contributed by atoms with van der Waals surface area (Å²) in [6.07, 6.45) is 11.8. The van der Waals surface area contributed by atoms with Gasteiger partial charge in [0.05, 0.1) is 5.02 Å². The summed E-state index contributed by atoms with van der Waals surface area (Å²) in [6.45, 7) is 1.44. The Morgan fingerprint density at radius 1 is 1.30 bits per heavy atom. The first-order chi connectivity index (χ1) is 13.0. The smallest absolute Gasteiger partial charge is 0.328 e. The van der Waals surface area contributed by atoms with Gasteiger partial charge < -0.3 is 15.3 Å². The average molecular weight is 392 g/mol. The average Bonchev–Trinajstić information content (AvgIpc) is 3.11. The van der Waals surface area contributed by atoms with Gasteiger partial charge in [-0.2, -0.15) is 0 Å². The number of pyridine rings is 1.